The van der Waals surface area contributed by atoms with Crippen LogP contribution in [0.2, 0.25) is 0 Å². The van der Waals surface area contributed by atoms with Gasteiger partial charge in [0.25, 0.3) is 0 Å². The standard InChI is InChI=1S/C13H10Br2O2/c1-17-13(16)11-7-6-10(12(14)15)8-4-2-3-5-9(8)11/h2-7,12H,1H3. The lowest BCUT2D eigenvalue weighted by molar-refractivity contribution is 0.0603. The zero-order valence-electron chi connectivity index (χ0n) is 9.11. The summed E-state index contributed by atoms with van der Waals surface area (Å²) < 4.78 is 4.84. The molecule has 4 heteroatoms. The van der Waals surface area contributed by atoms with Gasteiger partial charge >= 0.3 is 5.97 Å². The molecule has 0 saturated carbocycles. The van der Waals surface area contributed by atoms with Crippen molar-refractivity contribution >= 4 is 48.6 Å². The Morgan fingerprint density at radius 1 is 1.12 bits per heavy atom. The van der Waals surface area contributed by atoms with E-state index in [1.165, 1.54) is 7.11 Å². The number of rotatable bonds is 2. The first-order valence-electron chi connectivity index (χ1n) is 5.03. The predicted octanol–water partition coefficient (Wildman–Crippen LogP) is 4.41. The molecule has 0 radical (unpaired) electrons. The number of carbonyl (C=O) groups excluding carboxylic acids is 1. The number of ether oxygens (including phenoxy) is 1. The number of hydrogen-bond acceptors (Lipinski definition) is 2. The third-order valence-electron chi connectivity index (χ3n) is 2.60. The molecule has 0 aliphatic rings. The molecule has 2 aromatic rings. The van der Waals surface area contributed by atoms with Crippen LogP contribution in [-0.2, 0) is 4.74 Å². The Bertz CT molecular complexity index is 564. The van der Waals surface area contributed by atoms with Crippen LogP contribution in [0.25, 0.3) is 10.8 Å². The first kappa shape index (κ1) is 12.6. The minimum absolute atomic E-state index is 0.0617. The molecule has 0 atom stereocenters. The van der Waals surface area contributed by atoms with Crippen molar-refractivity contribution in [3.8, 4) is 0 Å². The number of halogens is 2. The molecule has 0 bridgehead atoms. The topological polar surface area (TPSA) is 26.3 Å². The van der Waals surface area contributed by atoms with Crippen LogP contribution in [0, 0.1) is 0 Å². The van der Waals surface area contributed by atoms with Crippen LogP contribution in [0.1, 0.15) is 19.7 Å². The number of esters is 1. The van der Waals surface area contributed by atoms with Gasteiger partial charge in [0.1, 0.15) is 0 Å². The first-order chi connectivity index (χ1) is 8.15. The summed E-state index contributed by atoms with van der Waals surface area (Å²) in [5, 5.41) is 1.94. The molecule has 0 fully saturated rings. The average Bonchev–Trinajstić information content (AvgIpc) is 2.36. The summed E-state index contributed by atoms with van der Waals surface area (Å²) in [6.07, 6.45) is 0. The van der Waals surface area contributed by atoms with Crippen LogP contribution in [0.4, 0.5) is 0 Å². The van der Waals surface area contributed by atoms with Crippen molar-refractivity contribution < 1.29 is 9.53 Å². The third kappa shape index (κ3) is 2.38. The molecule has 0 amide bonds. The number of benzene rings is 2. The average molecular weight is 358 g/mol. The van der Waals surface area contributed by atoms with E-state index in [-0.39, 0.29) is 9.71 Å². The summed E-state index contributed by atoms with van der Waals surface area (Å²) >= 11 is 6.97. The van der Waals surface area contributed by atoms with Gasteiger partial charge in [0.2, 0.25) is 0 Å². The normalized spacial score (nSPS) is 10.8. The van der Waals surface area contributed by atoms with E-state index in [0.717, 1.165) is 16.3 Å². The van der Waals surface area contributed by atoms with E-state index < -0.39 is 0 Å². The lowest BCUT2D eigenvalue weighted by atomic mass is 10.0. The molecular formula is C13H10Br2O2. The van der Waals surface area contributed by atoms with Gasteiger partial charge in [-0.2, -0.15) is 0 Å². The Morgan fingerprint density at radius 3 is 2.35 bits per heavy atom. The van der Waals surface area contributed by atoms with Gasteiger partial charge in [0.05, 0.1) is 16.4 Å². The van der Waals surface area contributed by atoms with Gasteiger partial charge in [-0.3, -0.25) is 0 Å². The molecule has 0 aliphatic heterocycles. The maximum atomic E-state index is 11.7. The summed E-state index contributed by atoms with van der Waals surface area (Å²) in [6.45, 7) is 0. The lowest BCUT2D eigenvalue weighted by Crippen LogP contribution is -2.02. The number of alkyl halides is 2. The Hall–Kier alpha value is -0.870. The van der Waals surface area contributed by atoms with Crippen molar-refractivity contribution in [3.63, 3.8) is 0 Å². The van der Waals surface area contributed by atoms with Crippen molar-refractivity contribution in [1.29, 1.82) is 0 Å². The van der Waals surface area contributed by atoms with Crippen LogP contribution in [0.3, 0.4) is 0 Å². The fourth-order valence-electron chi connectivity index (χ4n) is 1.80. The molecule has 17 heavy (non-hydrogen) atoms. The van der Waals surface area contributed by atoms with E-state index in [2.05, 4.69) is 31.9 Å². The van der Waals surface area contributed by atoms with Crippen molar-refractivity contribution in [2.75, 3.05) is 7.11 Å². The van der Waals surface area contributed by atoms with Gasteiger partial charge in [-0.1, -0.05) is 62.2 Å². The summed E-state index contributed by atoms with van der Waals surface area (Å²) in [4.78, 5) is 11.7. The Morgan fingerprint density at radius 2 is 1.76 bits per heavy atom. The van der Waals surface area contributed by atoms with Gasteiger partial charge in [-0.05, 0) is 22.4 Å². The SMILES string of the molecule is COC(=O)c1ccc(C(Br)Br)c2ccccc12. The Balaban J connectivity index is 2.75. The highest BCUT2D eigenvalue weighted by molar-refractivity contribution is 9.24. The van der Waals surface area contributed by atoms with Crippen molar-refractivity contribution in [2.24, 2.45) is 0 Å². The molecule has 0 unspecified atom stereocenters. The van der Waals surface area contributed by atoms with Crippen LogP contribution in [-0.4, -0.2) is 13.1 Å². The molecule has 0 spiro atoms. The smallest absolute Gasteiger partial charge is 0.338 e. The minimum atomic E-state index is -0.312. The highest BCUT2D eigenvalue weighted by atomic mass is 79.9. The Labute approximate surface area is 116 Å². The number of hydrogen-bond donors (Lipinski definition) is 0. The van der Waals surface area contributed by atoms with Gasteiger partial charge in [-0.15, -0.1) is 0 Å². The second-order valence-corrected chi connectivity index (χ2v) is 6.60. The summed E-state index contributed by atoms with van der Waals surface area (Å²) in [5.74, 6) is -0.312. The molecule has 2 rings (SSSR count). The van der Waals surface area contributed by atoms with Crippen molar-refractivity contribution in [2.45, 2.75) is 3.74 Å². The van der Waals surface area contributed by atoms with Crippen LogP contribution in [0.5, 0.6) is 0 Å². The van der Waals surface area contributed by atoms with E-state index in [1.54, 1.807) is 6.07 Å². The van der Waals surface area contributed by atoms with E-state index in [9.17, 15) is 4.79 Å². The van der Waals surface area contributed by atoms with E-state index in [0.29, 0.717) is 5.56 Å². The molecule has 0 N–H and O–H groups in total. The molecular weight excluding hydrogens is 348 g/mol. The fraction of sp³-hybridized carbons (Fsp3) is 0.154. The van der Waals surface area contributed by atoms with E-state index in [4.69, 9.17) is 4.74 Å². The van der Waals surface area contributed by atoms with Gasteiger partial charge < -0.3 is 4.74 Å². The van der Waals surface area contributed by atoms with E-state index >= 15 is 0 Å². The molecule has 0 aromatic heterocycles. The number of methoxy groups -OCH3 is 1. The second-order valence-electron chi connectivity index (χ2n) is 3.54. The quantitative estimate of drug-likeness (QED) is 0.587. The van der Waals surface area contributed by atoms with Crippen LogP contribution < -0.4 is 0 Å². The lowest BCUT2D eigenvalue weighted by Gasteiger charge is -2.10. The van der Waals surface area contributed by atoms with Crippen molar-refractivity contribution in [1.82, 2.24) is 0 Å². The molecule has 0 saturated heterocycles. The van der Waals surface area contributed by atoms with Crippen LogP contribution in [0.15, 0.2) is 36.4 Å². The van der Waals surface area contributed by atoms with Gasteiger partial charge in [0.15, 0.2) is 0 Å². The summed E-state index contributed by atoms with van der Waals surface area (Å²) in [5.41, 5.74) is 1.68. The van der Waals surface area contributed by atoms with E-state index in [1.807, 2.05) is 30.3 Å². The van der Waals surface area contributed by atoms with Gasteiger partial charge in [-0.25, -0.2) is 4.79 Å². The monoisotopic (exact) mass is 356 g/mol. The number of carbonyl (C=O) groups is 1. The molecule has 0 heterocycles. The Kier molecular flexibility index (Phi) is 3.84. The van der Waals surface area contributed by atoms with Crippen LogP contribution >= 0.6 is 31.9 Å². The third-order valence-corrected chi connectivity index (χ3v) is 3.58. The molecule has 88 valence electrons. The first-order valence-corrected chi connectivity index (χ1v) is 6.86. The maximum absolute atomic E-state index is 11.7. The molecule has 2 aromatic carbocycles. The highest BCUT2D eigenvalue weighted by Gasteiger charge is 2.14. The minimum Gasteiger partial charge on any atom is -0.465 e. The molecule has 0 aliphatic carbocycles. The second kappa shape index (κ2) is 5.19. The zero-order chi connectivity index (χ0) is 12.4. The predicted molar refractivity (Wildman–Crippen MR) is 75.9 cm³/mol. The highest BCUT2D eigenvalue weighted by Crippen LogP contribution is 2.35. The van der Waals surface area contributed by atoms with Crippen molar-refractivity contribution in [3.05, 3.63) is 47.5 Å². The summed E-state index contributed by atoms with van der Waals surface area (Å²) in [6, 6.07) is 11.5. The fourth-order valence-corrected chi connectivity index (χ4v) is 2.60. The number of fused-ring (bicyclic) bond motifs is 1. The van der Waals surface area contributed by atoms with Gasteiger partial charge in [0, 0.05) is 0 Å². The molecule has 2 nitrogen and oxygen atoms in total. The summed E-state index contributed by atoms with van der Waals surface area (Å²) in [7, 11) is 1.39. The maximum Gasteiger partial charge on any atom is 0.338 e. The zero-order valence-corrected chi connectivity index (χ0v) is 12.3. The largest absolute Gasteiger partial charge is 0.465 e.